The maximum atomic E-state index is 12.2. The molecular formula is C17H20Cl2N2O3. The van der Waals surface area contributed by atoms with Crippen LogP contribution in [0.5, 0.6) is 11.5 Å². The number of amides is 1. The van der Waals surface area contributed by atoms with Crippen LogP contribution >= 0.6 is 23.2 Å². The van der Waals surface area contributed by atoms with Crippen molar-refractivity contribution in [2.45, 2.75) is 20.8 Å². The topological polar surface area (TPSA) is 70.9 Å². The molecule has 0 saturated heterocycles. The predicted molar refractivity (Wildman–Crippen MR) is 95.6 cm³/mol. The Labute approximate surface area is 151 Å². The average molecular weight is 371 g/mol. The summed E-state index contributed by atoms with van der Waals surface area (Å²) in [4.78, 5) is 12.2. The summed E-state index contributed by atoms with van der Waals surface area (Å²) in [6, 6.07) is 4.84. The Balaban J connectivity index is 1.98. The number of phenolic OH excluding ortho intramolecular Hbond substituents is 1. The van der Waals surface area contributed by atoms with E-state index in [2.05, 4.69) is 10.5 Å². The Morgan fingerprint density at radius 1 is 1.46 bits per heavy atom. The van der Waals surface area contributed by atoms with Crippen molar-refractivity contribution in [1.82, 2.24) is 5.43 Å². The maximum absolute atomic E-state index is 12.2. The van der Waals surface area contributed by atoms with Crippen molar-refractivity contribution in [1.29, 1.82) is 0 Å². The normalized spacial score (nSPS) is 21.4. The molecule has 0 heterocycles. The van der Waals surface area contributed by atoms with Gasteiger partial charge in [-0.15, -0.1) is 0 Å². The third-order valence-electron chi connectivity index (χ3n) is 4.17. The SMILES string of the molecule is CCOc1cc(/C=N\NC(=O)[C@@H]2[C@H](C=C(Cl)Cl)C2(C)C)ccc1O. The van der Waals surface area contributed by atoms with E-state index in [0.29, 0.717) is 17.9 Å². The monoisotopic (exact) mass is 370 g/mol. The maximum Gasteiger partial charge on any atom is 0.244 e. The van der Waals surface area contributed by atoms with E-state index in [1.807, 2.05) is 20.8 Å². The van der Waals surface area contributed by atoms with Gasteiger partial charge in [-0.05, 0) is 48.1 Å². The summed E-state index contributed by atoms with van der Waals surface area (Å²) in [6.45, 7) is 6.23. The van der Waals surface area contributed by atoms with E-state index in [1.54, 1.807) is 18.2 Å². The number of carbonyl (C=O) groups excluding carboxylic acids is 1. The van der Waals surface area contributed by atoms with Gasteiger partial charge >= 0.3 is 0 Å². The molecule has 0 aliphatic heterocycles. The zero-order valence-corrected chi connectivity index (χ0v) is 15.2. The van der Waals surface area contributed by atoms with Crippen molar-refractivity contribution in [3.63, 3.8) is 0 Å². The third kappa shape index (κ3) is 4.22. The first-order valence-electron chi connectivity index (χ1n) is 7.59. The minimum Gasteiger partial charge on any atom is -0.504 e. The Bertz CT molecular complexity index is 682. The Morgan fingerprint density at radius 2 is 2.17 bits per heavy atom. The fraction of sp³-hybridized carbons (Fsp3) is 0.412. The smallest absolute Gasteiger partial charge is 0.244 e. The van der Waals surface area contributed by atoms with Crippen LogP contribution in [0.15, 0.2) is 33.9 Å². The summed E-state index contributed by atoms with van der Waals surface area (Å²) < 4.78 is 5.47. The molecule has 1 saturated carbocycles. The lowest BCUT2D eigenvalue weighted by Crippen LogP contribution is -2.21. The number of benzene rings is 1. The molecule has 5 nitrogen and oxygen atoms in total. The molecule has 130 valence electrons. The lowest BCUT2D eigenvalue weighted by atomic mass is 10.1. The molecule has 0 radical (unpaired) electrons. The fourth-order valence-corrected chi connectivity index (χ4v) is 3.02. The summed E-state index contributed by atoms with van der Waals surface area (Å²) in [5.41, 5.74) is 3.03. The lowest BCUT2D eigenvalue weighted by molar-refractivity contribution is -0.123. The van der Waals surface area contributed by atoms with Gasteiger partial charge in [-0.25, -0.2) is 5.43 Å². The van der Waals surface area contributed by atoms with Gasteiger partial charge in [0, 0.05) is 0 Å². The molecule has 2 rings (SSSR count). The molecule has 1 aliphatic carbocycles. The van der Waals surface area contributed by atoms with E-state index in [0.717, 1.165) is 0 Å². The second kappa shape index (κ2) is 7.45. The minimum atomic E-state index is -0.221. The summed E-state index contributed by atoms with van der Waals surface area (Å²) in [5.74, 6) is 0.0242. The molecule has 0 bridgehead atoms. The number of rotatable bonds is 6. The number of allylic oxidation sites excluding steroid dienone is 1. The number of nitrogens with one attached hydrogen (secondary N) is 1. The molecule has 1 fully saturated rings. The number of nitrogens with zero attached hydrogens (tertiary/aromatic N) is 1. The van der Waals surface area contributed by atoms with Crippen molar-refractivity contribution in [3.05, 3.63) is 34.3 Å². The molecule has 0 spiro atoms. The first-order valence-corrected chi connectivity index (χ1v) is 8.34. The first kappa shape index (κ1) is 18.6. The second-order valence-corrected chi connectivity index (χ2v) is 7.18. The summed E-state index contributed by atoms with van der Waals surface area (Å²) in [6.07, 6.45) is 3.18. The van der Waals surface area contributed by atoms with Crippen LogP contribution in [0.25, 0.3) is 0 Å². The summed E-state index contributed by atoms with van der Waals surface area (Å²) >= 11 is 11.4. The number of phenols is 1. The second-order valence-electron chi connectivity index (χ2n) is 6.18. The van der Waals surface area contributed by atoms with Crippen LogP contribution in [0.3, 0.4) is 0 Å². The van der Waals surface area contributed by atoms with Crippen molar-refractivity contribution in [3.8, 4) is 11.5 Å². The number of halogens is 2. The van der Waals surface area contributed by atoms with E-state index >= 15 is 0 Å². The van der Waals surface area contributed by atoms with Crippen LogP contribution in [-0.2, 0) is 4.79 Å². The van der Waals surface area contributed by atoms with Crippen LogP contribution < -0.4 is 10.2 Å². The molecule has 1 aliphatic rings. The molecule has 1 amide bonds. The highest BCUT2D eigenvalue weighted by Gasteiger charge is 2.60. The van der Waals surface area contributed by atoms with Crippen LogP contribution in [0, 0.1) is 17.3 Å². The van der Waals surface area contributed by atoms with Crippen molar-refractivity contribution in [2.75, 3.05) is 6.61 Å². The van der Waals surface area contributed by atoms with Gasteiger partial charge in [0.1, 0.15) is 4.49 Å². The van der Waals surface area contributed by atoms with Gasteiger partial charge in [0.25, 0.3) is 0 Å². The molecule has 1 aromatic rings. The number of carbonyl (C=O) groups is 1. The molecule has 1 aromatic carbocycles. The van der Waals surface area contributed by atoms with Gasteiger partial charge in [-0.3, -0.25) is 4.79 Å². The van der Waals surface area contributed by atoms with Gasteiger partial charge in [-0.2, -0.15) is 5.10 Å². The van der Waals surface area contributed by atoms with Crippen LogP contribution in [0.4, 0.5) is 0 Å². The zero-order chi connectivity index (χ0) is 17.9. The van der Waals surface area contributed by atoms with Crippen molar-refractivity contribution in [2.24, 2.45) is 22.4 Å². The number of hydrogen-bond donors (Lipinski definition) is 2. The summed E-state index contributed by atoms with van der Waals surface area (Å²) in [5, 5.41) is 13.6. The Kier molecular flexibility index (Phi) is 5.78. The molecule has 7 heteroatoms. The quantitative estimate of drug-likeness (QED) is 0.590. The average Bonchev–Trinajstić information content (AvgIpc) is 3.02. The predicted octanol–water partition coefficient (Wildman–Crippen LogP) is 3.83. The molecule has 0 unspecified atom stereocenters. The van der Waals surface area contributed by atoms with E-state index in [9.17, 15) is 9.90 Å². The van der Waals surface area contributed by atoms with E-state index < -0.39 is 0 Å². The fourth-order valence-electron chi connectivity index (χ4n) is 2.75. The van der Waals surface area contributed by atoms with E-state index in [-0.39, 0.29) is 33.4 Å². The van der Waals surface area contributed by atoms with E-state index in [4.69, 9.17) is 27.9 Å². The highest BCUT2D eigenvalue weighted by molar-refractivity contribution is 6.55. The third-order valence-corrected chi connectivity index (χ3v) is 4.42. The lowest BCUT2D eigenvalue weighted by Gasteiger charge is -2.06. The van der Waals surface area contributed by atoms with Gasteiger partial charge in [0.05, 0.1) is 18.7 Å². The number of hydrogen-bond acceptors (Lipinski definition) is 4. The van der Waals surface area contributed by atoms with Crippen molar-refractivity contribution < 1.29 is 14.6 Å². The van der Waals surface area contributed by atoms with Gasteiger partial charge in [-0.1, -0.05) is 37.0 Å². The Hall–Kier alpha value is -1.72. The van der Waals surface area contributed by atoms with Gasteiger partial charge in [0.15, 0.2) is 11.5 Å². The highest BCUT2D eigenvalue weighted by atomic mass is 35.5. The van der Waals surface area contributed by atoms with Crippen LogP contribution in [-0.4, -0.2) is 23.8 Å². The summed E-state index contributed by atoms with van der Waals surface area (Å²) in [7, 11) is 0. The first-order chi connectivity index (χ1) is 11.3. The number of ether oxygens (including phenoxy) is 1. The molecule has 2 atom stereocenters. The zero-order valence-electron chi connectivity index (χ0n) is 13.7. The molecular weight excluding hydrogens is 351 g/mol. The Morgan fingerprint density at radius 3 is 2.79 bits per heavy atom. The van der Waals surface area contributed by atoms with Crippen molar-refractivity contribution >= 4 is 35.3 Å². The highest BCUT2D eigenvalue weighted by Crippen LogP contribution is 2.59. The van der Waals surface area contributed by atoms with Gasteiger partial charge in [0.2, 0.25) is 5.91 Å². The van der Waals surface area contributed by atoms with E-state index in [1.165, 1.54) is 12.3 Å². The molecule has 0 aromatic heterocycles. The molecule has 2 N–H and O–H groups in total. The van der Waals surface area contributed by atoms with Gasteiger partial charge < -0.3 is 9.84 Å². The van der Waals surface area contributed by atoms with Crippen LogP contribution in [0.1, 0.15) is 26.3 Å². The van der Waals surface area contributed by atoms with Crippen LogP contribution in [0.2, 0.25) is 0 Å². The number of hydrazone groups is 1. The standard InChI is InChI=1S/C17H20Cl2N2O3/c1-4-24-13-7-10(5-6-12(13)22)9-20-21-16(23)15-11(8-14(18)19)17(15,2)3/h5-9,11,15,22H,4H2,1-3H3,(H,21,23)/b20-9-/t11-,15-/m0/s1. The largest absolute Gasteiger partial charge is 0.504 e. The minimum absolute atomic E-state index is 0.00377. The number of aromatic hydroxyl groups is 1. The molecule has 24 heavy (non-hydrogen) atoms.